The zero-order chi connectivity index (χ0) is 14.3. The molecule has 0 radical (unpaired) electrons. The third kappa shape index (κ3) is 4.44. The van der Waals surface area contributed by atoms with Gasteiger partial charge < -0.3 is 20.5 Å². The van der Waals surface area contributed by atoms with E-state index >= 15 is 0 Å². The molecule has 0 heterocycles. The highest BCUT2D eigenvalue weighted by atomic mass is 16.5. The predicted molar refractivity (Wildman–Crippen MR) is 74.7 cm³/mol. The SMILES string of the molecule is COc1cc(CCNC(=O)CCN)c(OC)cc1C. The highest BCUT2D eigenvalue weighted by Gasteiger charge is 2.09. The molecule has 0 unspecified atom stereocenters. The number of ether oxygens (including phenoxy) is 2. The second kappa shape index (κ2) is 7.63. The lowest BCUT2D eigenvalue weighted by molar-refractivity contribution is -0.120. The van der Waals surface area contributed by atoms with Crippen LogP contribution >= 0.6 is 0 Å². The summed E-state index contributed by atoms with van der Waals surface area (Å²) in [7, 11) is 3.28. The number of nitrogens with one attached hydrogen (secondary N) is 1. The van der Waals surface area contributed by atoms with Gasteiger partial charge in [0.2, 0.25) is 5.91 Å². The van der Waals surface area contributed by atoms with E-state index in [1.165, 1.54) is 0 Å². The lowest BCUT2D eigenvalue weighted by atomic mass is 10.1. The van der Waals surface area contributed by atoms with Gasteiger partial charge in [0, 0.05) is 19.5 Å². The van der Waals surface area contributed by atoms with Crippen molar-refractivity contribution in [1.82, 2.24) is 5.32 Å². The van der Waals surface area contributed by atoms with Crippen LogP contribution in [-0.2, 0) is 11.2 Å². The van der Waals surface area contributed by atoms with Crippen molar-refractivity contribution in [3.63, 3.8) is 0 Å². The summed E-state index contributed by atoms with van der Waals surface area (Å²) in [5.74, 6) is 1.61. The number of carbonyl (C=O) groups is 1. The standard InChI is InChI=1S/C14H22N2O3/c1-10-8-13(19-3)11(9-12(10)18-2)5-7-16-14(17)4-6-15/h8-9H,4-7,15H2,1-3H3,(H,16,17). The van der Waals surface area contributed by atoms with E-state index < -0.39 is 0 Å². The van der Waals surface area contributed by atoms with Gasteiger partial charge in [-0.2, -0.15) is 0 Å². The maximum atomic E-state index is 11.3. The first kappa shape index (κ1) is 15.3. The van der Waals surface area contributed by atoms with Crippen LogP contribution in [-0.4, -0.2) is 33.2 Å². The van der Waals surface area contributed by atoms with Gasteiger partial charge in [0.25, 0.3) is 0 Å². The van der Waals surface area contributed by atoms with Crippen LogP contribution in [0.4, 0.5) is 0 Å². The molecule has 0 bridgehead atoms. The van der Waals surface area contributed by atoms with E-state index in [9.17, 15) is 4.79 Å². The van der Waals surface area contributed by atoms with Crippen molar-refractivity contribution in [1.29, 1.82) is 0 Å². The van der Waals surface area contributed by atoms with Crippen LogP contribution in [0, 0.1) is 6.92 Å². The topological polar surface area (TPSA) is 73.6 Å². The summed E-state index contributed by atoms with van der Waals surface area (Å²) >= 11 is 0. The Kier molecular flexibility index (Phi) is 6.15. The van der Waals surface area contributed by atoms with Crippen molar-refractivity contribution in [2.45, 2.75) is 19.8 Å². The van der Waals surface area contributed by atoms with Gasteiger partial charge in [0.1, 0.15) is 11.5 Å². The molecule has 0 saturated carbocycles. The van der Waals surface area contributed by atoms with E-state index in [4.69, 9.17) is 15.2 Å². The first-order valence-corrected chi connectivity index (χ1v) is 6.30. The Morgan fingerprint density at radius 1 is 1.26 bits per heavy atom. The minimum atomic E-state index is -0.0273. The lowest BCUT2D eigenvalue weighted by Crippen LogP contribution is -2.27. The minimum absolute atomic E-state index is 0.0273. The smallest absolute Gasteiger partial charge is 0.221 e. The minimum Gasteiger partial charge on any atom is -0.496 e. The molecular weight excluding hydrogens is 244 g/mol. The van der Waals surface area contributed by atoms with Crippen molar-refractivity contribution in [2.75, 3.05) is 27.3 Å². The quantitative estimate of drug-likeness (QED) is 0.773. The number of methoxy groups -OCH3 is 2. The number of hydrogen-bond donors (Lipinski definition) is 2. The van der Waals surface area contributed by atoms with Crippen LogP contribution in [0.15, 0.2) is 12.1 Å². The summed E-state index contributed by atoms with van der Waals surface area (Å²) in [5.41, 5.74) is 7.35. The van der Waals surface area contributed by atoms with Crippen molar-refractivity contribution >= 4 is 5.91 Å². The van der Waals surface area contributed by atoms with Crippen molar-refractivity contribution in [2.24, 2.45) is 5.73 Å². The first-order chi connectivity index (χ1) is 9.12. The van der Waals surface area contributed by atoms with Crippen LogP contribution in [0.25, 0.3) is 0 Å². The molecule has 1 rings (SSSR count). The van der Waals surface area contributed by atoms with Crippen LogP contribution < -0.4 is 20.5 Å². The first-order valence-electron chi connectivity index (χ1n) is 6.30. The molecular formula is C14H22N2O3. The van der Waals surface area contributed by atoms with E-state index in [-0.39, 0.29) is 5.91 Å². The Bertz CT molecular complexity index is 433. The third-order valence-electron chi connectivity index (χ3n) is 2.89. The molecule has 0 aromatic heterocycles. The Morgan fingerprint density at radius 3 is 2.53 bits per heavy atom. The van der Waals surface area contributed by atoms with Crippen molar-refractivity contribution < 1.29 is 14.3 Å². The molecule has 1 aromatic rings. The summed E-state index contributed by atoms with van der Waals surface area (Å²) in [5, 5.41) is 2.82. The van der Waals surface area contributed by atoms with E-state index in [2.05, 4.69) is 5.32 Å². The molecule has 0 aliphatic carbocycles. The fraction of sp³-hybridized carbons (Fsp3) is 0.500. The normalized spacial score (nSPS) is 10.1. The number of hydrogen-bond acceptors (Lipinski definition) is 4. The summed E-state index contributed by atoms with van der Waals surface area (Å²) < 4.78 is 10.6. The van der Waals surface area contributed by atoms with Gasteiger partial charge in [-0.05, 0) is 36.6 Å². The molecule has 3 N–H and O–H groups in total. The highest BCUT2D eigenvalue weighted by molar-refractivity contribution is 5.76. The number of aryl methyl sites for hydroxylation is 1. The molecule has 5 nitrogen and oxygen atoms in total. The van der Waals surface area contributed by atoms with Gasteiger partial charge in [-0.25, -0.2) is 0 Å². The number of benzene rings is 1. The molecule has 106 valence electrons. The van der Waals surface area contributed by atoms with E-state index in [0.29, 0.717) is 25.9 Å². The molecule has 0 atom stereocenters. The van der Waals surface area contributed by atoms with E-state index in [1.54, 1.807) is 14.2 Å². The molecule has 1 amide bonds. The van der Waals surface area contributed by atoms with Gasteiger partial charge >= 0.3 is 0 Å². The van der Waals surface area contributed by atoms with Gasteiger partial charge in [0.05, 0.1) is 14.2 Å². The molecule has 0 aliphatic heterocycles. The molecule has 1 aromatic carbocycles. The molecule has 19 heavy (non-hydrogen) atoms. The van der Waals surface area contributed by atoms with Gasteiger partial charge in [-0.3, -0.25) is 4.79 Å². The molecule has 0 aliphatic rings. The van der Waals surface area contributed by atoms with Crippen molar-refractivity contribution in [3.05, 3.63) is 23.3 Å². The zero-order valence-corrected chi connectivity index (χ0v) is 11.8. The van der Waals surface area contributed by atoms with Crippen LogP contribution in [0.3, 0.4) is 0 Å². The number of rotatable bonds is 7. The van der Waals surface area contributed by atoms with Crippen LogP contribution in [0.2, 0.25) is 0 Å². The maximum Gasteiger partial charge on any atom is 0.221 e. The molecule has 0 spiro atoms. The zero-order valence-electron chi connectivity index (χ0n) is 11.8. The fourth-order valence-corrected chi connectivity index (χ4v) is 1.87. The fourth-order valence-electron chi connectivity index (χ4n) is 1.87. The van der Waals surface area contributed by atoms with Gasteiger partial charge in [-0.15, -0.1) is 0 Å². The summed E-state index contributed by atoms with van der Waals surface area (Å²) in [6.45, 7) is 2.89. The van der Waals surface area contributed by atoms with Gasteiger partial charge in [-0.1, -0.05) is 0 Å². The summed E-state index contributed by atoms with van der Waals surface area (Å²) in [6.07, 6.45) is 1.05. The average molecular weight is 266 g/mol. The molecule has 5 heteroatoms. The maximum absolute atomic E-state index is 11.3. The molecule has 0 saturated heterocycles. The van der Waals surface area contributed by atoms with Gasteiger partial charge in [0.15, 0.2) is 0 Å². The summed E-state index contributed by atoms with van der Waals surface area (Å²) in [4.78, 5) is 11.3. The lowest BCUT2D eigenvalue weighted by Gasteiger charge is -2.13. The number of amides is 1. The Labute approximate surface area is 114 Å². The Balaban J connectivity index is 2.68. The molecule has 0 fully saturated rings. The summed E-state index contributed by atoms with van der Waals surface area (Å²) in [6, 6.07) is 3.89. The Morgan fingerprint density at radius 2 is 1.95 bits per heavy atom. The second-order valence-electron chi connectivity index (χ2n) is 4.27. The van der Waals surface area contributed by atoms with Crippen LogP contribution in [0.5, 0.6) is 11.5 Å². The highest BCUT2D eigenvalue weighted by Crippen LogP contribution is 2.28. The van der Waals surface area contributed by atoms with Crippen LogP contribution in [0.1, 0.15) is 17.5 Å². The Hall–Kier alpha value is -1.75. The van der Waals surface area contributed by atoms with E-state index in [0.717, 1.165) is 22.6 Å². The third-order valence-corrected chi connectivity index (χ3v) is 2.89. The number of nitrogens with two attached hydrogens (primary N) is 1. The monoisotopic (exact) mass is 266 g/mol. The van der Waals surface area contributed by atoms with Crippen molar-refractivity contribution in [3.8, 4) is 11.5 Å². The number of carbonyl (C=O) groups excluding carboxylic acids is 1. The largest absolute Gasteiger partial charge is 0.496 e. The van der Waals surface area contributed by atoms with E-state index in [1.807, 2.05) is 19.1 Å². The predicted octanol–water partition coefficient (Wildman–Crippen LogP) is 1.02. The average Bonchev–Trinajstić information content (AvgIpc) is 2.40. The second-order valence-corrected chi connectivity index (χ2v) is 4.27.